The summed E-state index contributed by atoms with van der Waals surface area (Å²) in [5.41, 5.74) is 8.00. The number of hydrogen-bond donors (Lipinski definition) is 2. The fourth-order valence-corrected chi connectivity index (χ4v) is 3.46. The highest BCUT2D eigenvalue weighted by molar-refractivity contribution is 5.44. The molecule has 1 saturated carbocycles. The molecule has 1 aliphatic carbocycles. The van der Waals surface area contributed by atoms with Gasteiger partial charge in [-0.1, -0.05) is 19.3 Å². The van der Waals surface area contributed by atoms with Crippen LogP contribution >= 0.6 is 0 Å². The summed E-state index contributed by atoms with van der Waals surface area (Å²) in [7, 11) is 2.02. The van der Waals surface area contributed by atoms with Gasteiger partial charge < -0.3 is 15.8 Å². The van der Waals surface area contributed by atoms with Crippen LogP contribution in [0.2, 0.25) is 0 Å². The number of anilines is 1. The third kappa shape index (κ3) is 4.42. The SMILES string of the molecule is CCOC(C1CCCCC1)C(Cc1cnccc1N)NC. The first-order chi connectivity index (χ1) is 10.3. The van der Waals surface area contributed by atoms with Crippen LogP contribution in [0.5, 0.6) is 0 Å². The molecular weight excluding hydrogens is 262 g/mol. The van der Waals surface area contributed by atoms with Crippen LogP contribution in [-0.2, 0) is 11.2 Å². The maximum atomic E-state index is 6.12. The molecule has 0 aromatic carbocycles. The van der Waals surface area contributed by atoms with Gasteiger partial charge in [0.2, 0.25) is 0 Å². The number of nitrogen functional groups attached to an aromatic ring is 1. The summed E-state index contributed by atoms with van der Waals surface area (Å²) < 4.78 is 6.12. The topological polar surface area (TPSA) is 60.2 Å². The van der Waals surface area contributed by atoms with Crippen molar-refractivity contribution >= 4 is 5.69 Å². The van der Waals surface area contributed by atoms with E-state index in [-0.39, 0.29) is 6.10 Å². The van der Waals surface area contributed by atoms with Gasteiger partial charge in [-0.2, -0.15) is 0 Å². The molecular formula is C17H29N3O. The Hall–Kier alpha value is -1.13. The van der Waals surface area contributed by atoms with E-state index in [0.717, 1.165) is 24.3 Å². The van der Waals surface area contributed by atoms with E-state index in [1.165, 1.54) is 32.1 Å². The number of pyridine rings is 1. The van der Waals surface area contributed by atoms with E-state index >= 15 is 0 Å². The lowest BCUT2D eigenvalue weighted by atomic mass is 9.81. The smallest absolute Gasteiger partial charge is 0.0759 e. The number of nitrogens with zero attached hydrogens (tertiary/aromatic N) is 1. The van der Waals surface area contributed by atoms with Gasteiger partial charge in [0.15, 0.2) is 0 Å². The quantitative estimate of drug-likeness (QED) is 0.811. The van der Waals surface area contributed by atoms with E-state index in [2.05, 4.69) is 17.2 Å². The Morgan fingerprint density at radius 3 is 2.76 bits per heavy atom. The van der Waals surface area contributed by atoms with Crippen LogP contribution in [0.1, 0.15) is 44.6 Å². The van der Waals surface area contributed by atoms with Crippen LogP contribution in [-0.4, -0.2) is 30.8 Å². The fourth-order valence-electron chi connectivity index (χ4n) is 3.46. The molecule has 4 nitrogen and oxygen atoms in total. The summed E-state index contributed by atoms with van der Waals surface area (Å²) in [4.78, 5) is 4.20. The summed E-state index contributed by atoms with van der Waals surface area (Å²) in [6, 6.07) is 2.16. The van der Waals surface area contributed by atoms with E-state index in [1.807, 2.05) is 19.3 Å². The lowest BCUT2D eigenvalue weighted by molar-refractivity contribution is -0.0158. The van der Waals surface area contributed by atoms with Gasteiger partial charge in [-0.15, -0.1) is 0 Å². The molecule has 0 amide bonds. The highest BCUT2D eigenvalue weighted by Crippen LogP contribution is 2.30. The van der Waals surface area contributed by atoms with Crippen molar-refractivity contribution in [3.05, 3.63) is 24.0 Å². The van der Waals surface area contributed by atoms with Gasteiger partial charge in [0, 0.05) is 30.7 Å². The number of nitrogens with two attached hydrogens (primary N) is 1. The van der Waals surface area contributed by atoms with E-state index in [1.54, 1.807) is 6.20 Å². The predicted molar refractivity (Wildman–Crippen MR) is 87.2 cm³/mol. The van der Waals surface area contributed by atoms with Crippen molar-refractivity contribution in [2.24, 2.45) is 5.92 Å². The molecule has 2 rings (SSSR count). The molecule has 21 heavy (non-hydrogen) atoms. The average molecular weight is 291 g/mol. The van der Waals surface area contributed by atoms with Crippen LogP contribution in [0.3, 0.4) is 0 Å². The lowest BCUT2D eigenvalue weighted by Crippen LogP contribution is -2.46. The Bertz CT molecular complexity index is 418. The van der Waals surface area contributed by atoms with Gasteiger partial charge in [0.05, 0.1) is 6.10 Å². The number of nitrogens with one attached hydrogen (secondary N) is 1. The molecule has 3 N–H and O–H groups in total. The number of rotatable bonds is 7. The van der Waals surface area contributed by atoms with E-state index in [0.29, 0.717) is 12.0 Å². The fraction of sp³-hybridized carbons (Fsp3) is 0.706. The molecule has 1 heterocycles. The summed E-state index contributed by atoms with van der Waals surface area (Å²) >= 11 is 0. The van der Waals surface area contributed by atoms with Gasteiger partial charge in [-0.05, 0) is 50.8 Å². The maximum absolute atomic E-state index is 6.12. The summed E-state index contributed by atoms with van der Waals surface area (Å²) in [5.74, 6) is 0.661. The Balaban J connectivity index is 2.09. The molecule has 0 saturated heterocycles. The third-order valence-corrected chi connectivity index (χ3v) is 4.62. The minimum atomic E-state index is 0.264. The summed E-state index contributed by atoms with van der Waals surface area (Å²) in [6.07, 6.45) is 11.4. The molecule has 0 bridgehead atoms. The van der Waals surface area contributed by atoms with Gasteiger partial charge in [0.1, 0.15) is 0 Å². The highest BCUT2D eigenvalue weighted by atomic mass is 16.5. The number of aromatic nitrogens is 1. The number of likely N-dealkylation sites (N-methyl/N-ethyl adjacent to an activating group) is 1. The van der Waals surface area contributed by atoms with Crippen LogP contribution in [0.4, 0.5) is 5.69 Å². The molecule has 1 aromatic heterocycles. The van der Waals surface area contributed by atoms with Crippen molar-refractivity contribution in [2.75, 3.05) is 19.4 Å². The minimum absolute atomic E-state index is 0.264. The highest BCUT2D eigenvalue weighted by Gasteiger charge is 2.30. The van der Waals surface area contributed by atoms with Crippen LogP contribution in [0.25, 0.3) is 0 Å². The molecule has 0 radical (unpaired) electrons. The van der Waals surface area contributed by atoms with Gasteiger partial charge in [0.25, 0.3) is 0 Å². The normalized spacial score (nSPS) is 19.3. The zero-order valence-corrected chi connectivity index (χ0v) is 13.3. The van der Waals surface area contributed by atoms with Crippen molar-refractivity contribution < 1.29 is 4.74 Å². The van der Waals surface area contributed by atoms with Crippen molar-refractivity contribution in [2.45, 2.75) is 57.6 Å². The second-order valence-electron chi connectivity index (χ2n) is 5.99. The Morgan fingerprint density at radius 2 is 2.14 bits per heavy atom. The van der Waals surface area contributed by atoms with Crippen LogP contribution in [0, 0.1) is 5.92 Å². The molecule has 1 fully saturated rings. The van der Waals surface area contributed by atoms with Crippen molar-refractivity contribution in [3.8, 4) is 0 Å². The Labute approximate surface area is 128 Å². The number of ether oxygens (including phenoxy) is 1. The zero-order valence-electron chi connectivity index (χ0n) is 13.3. The first-order valence-electron chi connectivity index (χ1n) is 8.23. The van der Waals surface area contributed by atoms with E-state index < -0.39 is 0 Å². The van der Waals surface area contributed by atoms with Crippen LogP contribution in [0.15, 0.2) is 18.5 Å². The summed E-state index contributed by atoms with van der Waals surface area (Å²) in [6.45, 7) is 2.85. The standard InChI is InChI=1S/C17H29N3O/c1-3-21-17(13-7-5-4-6-8-13)16(19-2)11-14-12-20-10-9-15(14)18/h9-10,12-13,16-17,19H,3-8,11H2,1-2H3,(H2,18,20). The lowest BCUT2D eigenvalue weighted by Gasteiger charge is -2.35. The molecule has 0 aliphatic heterocycles. The van der Waals surface area contributed by atoms with Gasteiger partial charge in [-0.25, -0.2) is 0 Å². The summed E-state index contributed by atoms with van der Waals surface area (Å²) in [5, 5.41) is 3.45. The molecule has 2 unspecified atom stereocenters. The zero-order chi connectivity index (χ0) is 15.1. The van der Waals surface area contributed by atoms with Crippen LogP contribution < -0.4 is 11.1 Å². The maximum Gasteiger partial charge on any atom is 0.0759 e. The Kier molecular flexibility index (Phi) is 6.46. The second-order valence-corrected chi connectivity index (χ2v) is 5.99. The molecule has 118 valence electrons. The molecule has 2 atom stereocenters. The number of hydrogen-bond acceptors (Lipinski definition) is 4. The molecule has 4 heteroatoms. The molecule has 1 aliphatic rings. The average Bonchev–Trinajstić information content (AvgIpc) is 2.53. The Morgan fingerprint density at radius 1 is 1.38 bits per heavy atom. The van der Waals surface area contributed by atoms with E-state index in [4.69, 9.17) is 10.5 Å². The monoisotopic (exact) mass is 291 g/mol. The van der Waals surface area contributed by atoms with Crippen molar-refractivity contribution in [1.82, 2.24) is 10.3 Å². The third-order valence-electron chi connectivity index (χ3n) is 4.62. The van der Waals surface area contributed by atoms with Crippen molar-refractivity contribution in [3.63, 3.8) is 0 Å². The first kappa shape index (κ1) is 16.2. The van der Waals surface area contributed by atoms with E-state index in [9.17, 15) is 0 Å². The van der Waals surface area contributed by atoms with Gasteiger partial charge in [-0.3, -0.25) is 4.98 Å². The second kappa shape index (κ2) is 8.35. The minimum Gasteiger partial charge on any atom is -0.398 e. The molecule has 1 aromatic rings. The largest absolute Gasteiger partial charge is 0.398 e. The predicted octanol–water partition coefficient (Wildman–Crippen LogP) is 2.78. The van der Waals surface area contributed by atoms with Gasteiger partial charge >= 0.3 is 0 Å². The van der Waals surface area contributed by atoms with Crippen molar-refractivity contribution in [1.29, 1.82) is 0 Å². The first-order valence-corrected chi connectivity index (χ1v) is 8.23. The molecule has 0 spiro atoms.